The van der Waals surface area contributed by atoms with Crippen molar-refractivity contribution in [2.75, 3.05) is 4.90 Å². The highest BCUT2D eigenvalue weighted by atomic mass is 15.2. The molecule has 0 saturated heterocycles. The Balaban J connectivity index is 1.37. The van der Waals surface area contributed by atoms with Gasteiger partial charge in [0.2, 0.25) is 0 Å². The van der Waals surface area contributed by atoms with Gasteiger partial charge in [-0.3, -0.25) is 9.69 Å². The molecular weight excluding hydrogens is 621 g/mol. The monoisotopic (exact) mass is 652 g/mol. The second kappa shape index (κ2) is 11.6. The molecule has 7 aromatic carbocycles. The van der Waals surface area contributed by atoms with E-state index in [0.29, 0.717) is 11.4 Å². The number of rotatable bonds is 4. The fourth-order valence-electron chi connectivity index (χ4n) is 8.02. The van der Waals surface area contributed by atoms with E-state index >= 15 is 0 Å². The van der Waals surface area contributed by atoms with Crippen LogP contribution in [0.5, 0.6) is 0 Å². The zero-order chi connectivity index (χ0) is 34.7. The highest BCUT2D eigenvalue weighted by Crippen LogP contribution is 2.52. The summed E-state index contributed by atoms with van der Waals surface area (Å²) in [6.07, 6.45) is 0. The van der Waals surface area contributed by atoms with Crippen LogP contribution in [0.15, 0.2) is 158 Å². The largest absolute Gasteiger partial charge is 0.310 e. The summed E-state index contributed by atoms with van der Waals surface area (Å²) in [5.41, 5.74) is 13.8. The zero-order valence-corrected chi connectivity index (χ0v) is 28.3. The zero-order valence-electron chi connectivity index (χ0n) is 28.3. The molecule has 8 aromatic rings. The maximum Gasteiger partial charge on any atom is 0.195 e. The molecule has 0 atom stereocenters. The molecule has 4 nitrogen and oxygen atoms in total. The van der Waals surface area contributed by atoms with Crippen LogP contribution < -0.4 is 4.90 Å². The van der Waals surface area contributed by atoms with Crippen LogP contribution in [0, 0.1) is 13.1 Å². The van der Waals surface area contributed by atoms with Crippen LogP contribution in [0.1, 0.15) is 25.0 Å². The molecule has 0 spiro atoms. The fourth-order valence-corrected chi connectivity index (χ4v) is 8.02. The van der Waals surface area contributed by atoms with E-state index in [4.69, 9.17) is 13.1 Å². The maximum atomic E-state index is 7.77. The third-order valence-electron chi connectivity index (χ3n) is 10.4. The van der Waals surface area contributed by atoms with E-state index < -0.39 is 0 Å². The van der Waals surface area contributed by atoms with Crippen molar-refractivity contribution in [3.8, 4) is 27.9 Å². The van der Waals surface area contributed by atoms with Crippen LogP contribution in [-0.4, -0.2) is 4.57 Å². The molecule has 1 aromatic heterocycles. The molecule has 0 unspecified atom stereocenters. The molecule has 0 fully saturated rings. The second-order valence-corrected chi connectivity index (χ2v) is 13.6. The van der Waals surface area contributed by atoms with Crippen LogP contribution >= 0.6 is 0 Å². The van der Waals surface area contributed by atoms with E-state index in [-0.39, 0.29) is 5.41 Å². The summed E-state index contributed by atoms with van der Waals surface area (Å²) in [5, 5.41) is 2.42. The van der Waals surface area contributed by atoms with Crippen LogP contribution in [0.4, 0.5) is 28.4 Å². The van der Waals surface area contributed by atoms with E-state index in [1.807, 2.05) is 18.2 Å². The van der Waals surface area contributed by atoms with E-state index in [2.05, 4.69) is 166 Å². The number of hydrogen-bond donors (Lipinski definition) is 0. The lowest BCUT2D eigenvalue weighted by Gasteiger charge is -2.42. The lowest BCUT2D eigenvalue weighted by Crippen LogP contribution is -2.30. The topological polar surface area (TPSA) is 16.9 Å². The molecule has 1 aliphatic heterocycles. The lowest BCUT2D eigenvalue weighted by molar-refractivity contribution is 0.632. The predicted octanol–water partition coefficient (Wildman–Crippen LogP) is 13.3. The van der Waals surface area contributed by atoms with Crippen molar-refractivity contribution in [2.24, 2.45) is 0 Å². The van der Waals surface area contributed by atoms with Crippen molar-refractivity contribution in [3.05, 3.63) is 192 Å². The minimum Gasteiger partial charge on any atom is -0.310 e. The Hall–Kier alpha value is -6.88. The van der Waals surface area contributed by atoms with Gasteiger partial charge in [-0.2, -0.15) is 0 Å². The molecule has 0 saturated carbocycles. The van der Waals surface area contributed by atoms with Crippen molar-refractivity contribution in [1.82, 2.24) is 4.57 Å². The first-order valence-corrected chi connectivity index (χ1v) is 17.1. The molecule has 4 heteroatoms. The lowest BCUT2D eigenvalue weighted by atomic mass is 9.73. The third-order valence-corrected chi connectivity index (χ3v) is 10.4. The van der Waals surface area contributed by atoms with Crippen molar-refractivity contribution >= 4 is 50.2 Å². The van der Waals surface area contributed by atoms with E-state index in [1.165, 1.54) is 21.9 Å². The molecule has 9 rings (SSSR count). The number of para-hydroxylation sites is 4. The second-order valence-electron chi connectivity index (χ2n) is 13.6. The van der Waals surface area contributed by atoms with Crippen LogP contribution in [0.3, 0.4) is 0 Å². The number of nitrogens with zero attached hydrogens (tertiary/aromatic N) is 4. The van der Waals surface area contributed by atoms with Gasteiger partial charge in [0, 0.05) is 27.6 Å². The van der Waals surface area contributed by atoms with Crippen LogP contribution in [-0.2, 0) is 5.41 Å². The molecule has 2 heterocycles. The van der Waals surface area contributed by atoms with Crippen molar-refractivity contribution in [1.29, 1.82) is 0 Å². The first-order chi connectivity index (χ1) is 25.0. The highest BCUT2D eigenvalue weighted by molar-refractivity contribution is 6.09. The Labute approximate surface area is 297 Å². The minimum atomic E-state index is -0.179. The maximum absolute atomic E-state index is 7.77. The number of anilines is 3. The van der Waals surface area contributed by atoms with Gasteiger partial charge in [-0.05, 0) is 75.8 Å². The Kier molecular flexibility index (Phi) is 6.88. The Morgan fingerprint density at radius 1 is 0.471 bits per heavy atom. The molecule has 1 aliphatic rings. The average Bonchev–Trinajstić information content (AvgIpc) is 3.52. The SMILES string of the molecule is [C-]#[N+]c1ccc(-c2ccccc2-c2cc(N3c4ccccc4C(C)(C)c4ccccc43)cc(-n3c4ccccc4c4ccccc43)c2)cc1[N+]#[C-]. The summed E-state index contributed by atoms with van der Waals surface area (Å²) in [5.74, 6) is 0. The standard InChI is InChI=1S/C47H32N4/c1-47(2)39-19-9-13-23-45(39)51(46-24-14-10-20-40(46)47)34-28-32(36-16-6-5-15-35(36)31-25-26-41(48-3)42(29-31)49-4)27-33(30-34)50-43-21-11-7-17-37(43)38-18-8-12-22-44(38)50/h5-30H,1-2H3. The smallest absolute Gasteiger partial charge is 0.195 e. The van der Waals surface area contributed by atoms with Crippen molar-refractivity contribution in [3.63, 3.8) is 0 Å². The Morgan fingerprint density at radius 2 is 0.980 bits per heavy atom. The Morgan fingerprint density at radius 3 is 1.59 bits per heavy atom. The predicted molar refractivity (Wildman–Crippen MR) is 211 cm³/mol. The van der Waals surface area contributed by atoms with Gasteiger partial charge in [0.1, 0.15) is 0 Å². The average molecular weight is 653 g/mol. The van der Waals surface area contributed by atoms with Gasteiger partial charge in [0.25, 0.3) is 0 Å². The van der Waals surface area contributed by atoms with Crippen molar-refractivity contribution < 1.29 is 0 Å². The molecular formula is C47H32N4. The van der Waals surface area contributed by atoms with Crippen LogP contribution in [0.25, 0.3) is 59.4 Å². The molecule has 0 bridgehead atoms. The number of fused-ring (bicyclic) bond motifs is 5. The van der Waals surface area contributed by atoms with Gasteiger partial charge in [0.05, 0.1) is 35.6 Å². The molecule has 0 amide bonds. The summed E-state index contributed by atoms with van der Waals surface area (Å²) in [6.45, 7) is 20.0. The first kappa shape index (κ1) is 30.2. The van der Waals surface area contributed by atoms with Gasteiger partial charge >= 0.3 is 0 Å². The summed E-state index contributed by atoms with van der Waals surface area (Å²) >= 11 is 0. The minimum absolute atomic E-state index is 0.179. The summed E-state index contributed by atoms with van der Waals surface area (Å²) in [7, 11) is 0. The molecule has 0 N–H and O–H groups in total. The highest BCUT2D eigenvalue weighted by Gasteiger charge is 2.36. The quantitative estimate of drug-likeness (QED) is 0.173. The van der Waals surface area contributed by atoms with Gasteiger partial charge in [-0.25, -0.2) is 0 Å². The number of aromatic nitrogens is 1. The third kappa shape index (κ3) is 4.66. The van der Waals surface area contributed by atoms with E-state index in [1.54, 1.807) is 6.07 Å². The van der Waals surface area contributed by atoms with Crippen LogP contribution in [0.2, 0.25) is 0 Å². The molecule has 0 aliphatic carbocycles. The van der Waals surface area contributed by atoms with Gasteiger partial charge in [0.15, 0.2) is 11.4 Å². The number of benzene rings is 7. The first-order valence-electron chi connectivity index (χ1n) is 17.1. The summed E-state index contributed by atoms with van der Waals surface area (Å²) in [4.78, 5) is 9.69. The Bertz CT molecular complexity index is 2670. The summed E-state index contributed by atoms with van der Waals surface area (Å²) in [6, 6.07) is 55.6. The molecule has 0 radical (unpaired) electrons. The summed E-state index contributed by atoms with van der Waals surface area (Å²) < 4.78 is 2.38. The van der Waals surface area contributed by atoms with Gasteiger partial charge in [-0.1, -0.05) is 129 Å². The van der Waals surface area contributed by atoms with Crippen molar-refractivity contribution in [2.45, 2.75) is 19.3 Å². The fraction of sp³-hybridized carbons (Fsp3) is 0.0638. The van der Waals surface area contributed by atoms with E-state index in [0.717, 1.165) is 56.0 Å². The molecule has 51 heavy (non-hydrogen) atoms. The van der Waals surface area contributed by atoms with E-state index in [9.17, 15) is 0 Å². The normalized spacial score (nSPS) is 13.0. The molecule has 240 valence electrons. The van der Waals surface area contributed by atoms with Gasteiger partial charge in [-0.15, -0.1) is 0 Å². The van der Waals surface area contributed by atoms with Gasteiger partial charge < -0.3 is 9.47 Å². The number of hydrogen-bond acceptors (Lipinski definition) is 1.